The van der Waals surface area contributed by atoms with E-state index in [4.69, 9.17) is 11.6 Å². The van der Waals surface area contributed by atoms with Gasteiger partial charge in [-0.1, -0.05) is 23.7 Å². The lowest BCUT2D eigenvalue weighted by Crippen LogP contribution is -2.08. The summed E-state index contributed by atoms with van der Waals surface area (Å²) in [7, 11) is 0. The van der Waals surface area contributed by atoms with E-state index >= 15 is 0 Å². The van der Waals surface area contributed by atoms with Gasteiger partial charge in [0, 0.05) is 17.1 Å². The second kappa shape index (κ2) is 6.72. The molecule has 2 aromatic rings. The van der Waals surface area contributed by atoms with E-state index in [-0.39, 0.29) is 12.3 Å². The first-order valence-electron chi connectivity index (χ1n) is 6.19. The lowest BCUT2D eigenvalue weighted by molar-refractivity contribution is -0.0504. The van der Waals surface area contributed by atoms with Crippen LogP contribution in [-0.2, 0) is 6.54 Å². The van der Waals surface area contributed by atoms with Crippen LogP contribution in [0, 0.1) is 12.7 Å². The van der Waals surface area contributed by atoms with Crippen LogP contribution in [-0.4, -0.2) is 6.61 Å². The summed E-state index contributed by atoms with van der Waals surface area (Å²) in [6.45, 7) is -1.07. The first kappa shape index (κ1) is 15.5. The van der Waals surface area contributed by atoms with Crippen molar-refractivity contribution in [2.24, 2.45) is 0 Å². The number of anilines is 1. The minimum atomic E-state index is -2.93. The molecule has 0 fully saturated rings. The van der Waals surface area contributed by atoms with Crippen molar-refractivity contribution in [2.45, 2.75) is 20.1 Å². The molecular weight excluding hydrogens is 303 g/mol. The van der Waals surface area contributed by atoms with E-state index in [9.17, 15) is 13.2 Å². The molecule has 2 nitrogen and oxygen atoms in total. The smallest absolute Gasteiger partial charge is 0.387 e. The van der Waals surface area contributed by atoms with Crippen LogP contribution in [0.4, 0.5) is 18.9 Å². The van der Waals surface area contributed by atoms with Crippen molar-refractivity contribution in [3.8, 4) is 5.75 Å². The zero-order valence-electron chi connectivity index (χ0n) is 11.2. The Balaban J connectivity index is 2.21. The molecule has 0 aliphatic heterocycles. The maximum Gasteiger partial charge on any atom is 0.387 e. The summed E-state index contributed by atoms with van der Waals surface area (Å²) in [6.07, 6.45) is 0. The van der Waals surface area contributed by atoms with Gasteiger partial charge in [0.2, 0.25) is 0 Å². The first-order valence-corrected chi connectivity index (χ1v) is 6.57. The minimum Gasteiger partial charge on any atom is -0.434 e. The molecule has 0 bridgehead atoms. The SMILES string of the molecule is Cc1cccc(F)c1NCc1cc(Cl)ccc1OC(F)F. The number of para-hydroxylation sites is 1. The van der Waals surface area contributed by atoms with Gasteiger partial charge in [0.05, 0.1) is 5.69 Å². The van der Waals surface area contributed by atoms with E-state index in [1.807, 2.05) is 0 Å². The molecule has 6 heteroatoms. The number of aryl methyl sites for hydroxylation is 1. The van der Waals surface area contributed by atoms with Crippen molar-refractivity contribution in [2.75, 3.05) is 5.32 Å². The van der Waals surface area contributed by atoms with Gasteiger partial charge in [0.15, 0.2) is 0 Å². The number of rotatable bonds is 5. The molecule has 0 atom stereocenters. The molecule has 0 heterocycles. The number of halogens is 4. The monoisotopic (exact) mass is 315 g/mol. The van der Waals surface area contributed by atoms with E-state index in [0.29, 0.717) is 21.8 Å². The zero-order valence-corrected chi connectivity index (χ0v) is 11.9. The Labute approximate surface area is 125 Å². The first-order chi connectivity index (χ1) is 9.97. The minimum absolute atomic E-state index is 0.0101. The Bertz CT molecular complexity index is 614. The fourth-order valence-electron chi connectivity index (χ4n) is 1.94. The Hall–Kier alpha value is -1.88. The highest BCUT2D eigenvalue weighted by molar-refractivity contribution is 6.30. The molecule has 0 aliphatic carbocycles. The zero-order chi connectivity index (χ0) is 15.4. The summed E-state index contributed by atoms with van der Waals surface area (Å²) in [4.78, 5) is 0. The maximum absolute atomic E-state index is 13.7. The Morgan fingerprint density at radius 2 is 2.00 bits per heavy atom. The topological polar surface area (TPSA) is 21.3 Å². The van der Waals surface area contributed by atoms with Crippen molar-refractivity contribution in [3.63, 3.8) is 0 Å². The summed E-state index contributed by atoms with van der Waals surface area (Å²) >= 11 is 5.85. The molecule has 0 unspecified atom stereocenters. The van der Waals surface area contributed by atoms with Crippen molar-refractivity contribution in [1.29, 1.82) is 0 Å². The third-order valence-electron chi connectivity index (χ3n) is 2.92. The van der Waals surface area contributed by atoms with Crippen LogP contribution in [0.3, 0.4) is 0 Å². The summed E-state index contributed by atoms with van der Waals surface area (Å²) in [5, 5.41) is 3.27. The third-order valence-corrected chi connectivity index (χ3v) is 3.15. The van der Waals surface area contributed by atoms with Crippen LogP contribution in [0.25, 0.3) is 0 Å². The molecule has 0 radical (unpaired) electrons. The lowest BCUT2D eigenvalue weighted by Gasteiger charge is -2.14. The molecule has 0 amide bonds. The molecule has 2 rings (SSSR count). The Morgan fingerprint density at radius 3 is 2.67 bits per heavy atom. The maximum atomic E-state index is 13.7. The van der Waals surface area contributed by atoms with Crippen molar-refractivity contribution < 1.29 is 17.9 Å². The van der Waals surface area contributed by atoms with E-state index in [0.717, 1.165) is 0 Å². The molecule has 0 spiro atoms. The molecule has 2 aromatic carbocycles. The molecule has 0 aliphatic rings. The molecular formula is C15H13ClF3NO. The second-order valence-electron chi connectivity index (χ2n) is 4.42. The summed E-state index contributed by atoms with van der Waals surface area (Å²) < 4.78 is 42.8. The Morgan fingerprint density at radius 1 is 1.24 bits per heavy atom. The predicted molar refractivity (Wildman–Crippen MR) is 76.5 cm³/mol. The average molecular weight is 316 g/mol. The van der Waals surface area contributed by atoms with E-state index < -0.39 is 12.4 Å². The van der Waals surface area contributed by atoms with Crippen LogP contribution in [0.2, 0.25) is 5.02 Å². The van der Waals surface area contributed by atoms with E-state index in [1.54, 1.807) is 19.1 Å². The highest BCUT2D eigenvalue weighted by Crippen LogP contribution is 2.26. The van der Waals surface area contributed by atoms with Gasteiger partial charge in [-0.25, -0.2) is 4.39 Å². The van der Waals surface area contributed by atoms with Crippen molar-refractivity contribution in [1.82, 2.24) is 0 Å². The van der Waals surface area contributed by atoms with Gasteiger partial charge in [-0.2, -0.15) is 8.78 Å². The number of alkyl halides is 2. The summed E-state index contributed by atoms with van der Waals surface area (Å²) in [6, 6.07) is 8.99. The summed E-state index contributed by atoms with van der Waals surface area (Å²) in [5.74, 6) is -0.399. The second-order valence-corrected chi connectivity index (χ2v) is 4.85. The molecule has 21 heavy (non-hydrogen) atoms. The van der Waals surface area contributed by atoms with Crippen LogP contribution < -0.4 is 10.1 Å². The van der Waals surface area contributed by atoms with Gasteiger partial charge in [0.1, 0.15) is 11.6 Å². The van der Waals surface area contributed by atoms with E-state index in [1.165, 1.54) is 24.3 Å². The fraction of sp³-hybridized carbons (Fsp3) is 0.200. The highest BCUT2D eigenvalue weighted by atomic mass is 35.5. The van der Waals surface area contributed by atoms with Gasteiger partial charge in [-0.05, 0) is 36.8 Å². The quantitative estimate of drug-likeness (QED) is 0.838. The summed E-state index contributed by atoms with van der Waals surface area (Å²) in [5.41, 5.74) is 1.46. The average Bonchev–Trinajstić information content (AvgIpc) is 2.40. The van der Waals surface area contributed by atoms with Crippen LogP contribution in [0.15, 0.2) is 36.4 Å². The molecule has 1 N–H and O–H groups in total. The van der Waals surface area contributed by atoms with Gasteiger partial charge in [0.25, 0.3) is 0 Å². The van der Waals surface area contributed by atoms with Gasteiger partial charge in [-0.15, -0.1) is 0 Å². The number of hydrogen-bond donors (Lipinski definition) is 1. The van der Waals surface area contributed by atoms with E-state index in [2.05, 4.69) is 10.1 Å². The van der Waals surface area contributed by atoms with Crippen LogP contribution >= 0.6 is 11.6 Å². The molecule has 112 valence electrons. The van der Waals surface area contributed by atoms with Crippen LogP contribution in [0.1, 0.15) is 11.1 Å². The molecule has 0 aromatic heterocycles. The Kier molecular flexibility index (Phi) is 4.96. The molecule has 0 saturated heterocycles. The normalized spacial score (nSPS) is 10.8. The standard InChI is InChI=1S/C15H13ClF3NO/c1-9-3-2-4-12(17)14(9)20-8-10-7-11(16)5-6-13(10)21-15(18)19/h2-7,15,20H,8H2,1H3. The van der Waals surface area contributed by atoms with Gasteiger partial charge < -0.3 is 10.1 Å². The predicted octanol–water partition coefficient (Wildman–Crippen LogP) is 5.00. The number of benzene rings is 2. The highest BCUT2D eigenvalue weighted by Gasteiger charge is 2.11. The number of ether oxygens (including phenoxy) is 1. The number of hydrogen-bond acceptors (Lipinski definition) is 2. The fourth-order valence-corrected chi connectivity index (χ4v) is 2.13. The van der Waals surface area contributed by atoms with Gasteiger partial charge >= 0.3 is 6.61 Å². The lowest BCUT2D eigenvalue weighted by atomic mass is 10.1. The van der Waals surface area contributed by atoms with Crippen molar-refractivity contribution in [3.05, 3.63) is 58.4 Å². The van der Waals surface area contributed by atoms with Crippen molar-refractivity contribution >= 4 is 17.3 Å². The van der Waals surface area contributed by atoms with Gasteiger partial charge in [-0.3, -0.25) is 0 Å². The largest absolute Gasteiger partial charge is 0.434 e. The van der Waals surface area contributed by atoms with Crippen LogP contribution in [0.5, 0.6) is 5.75 Å². The number of nitrogens with one attached hydrogen (secondary N) is 1. The molecule has 0 saturated carbocycles. The third kappa shape index (κ3) is 4.04.